The molecule has 0 unspecified atom stereocenters. The van der Waals surface area contributed by atoms with Crippen molar-refractivity contribution < 1.29 is 163 Å². The van der Waals surface area contributed by atoms with E-state index in [0.717, 1.165) is 0 Å². The van der Waals surface area contributed by atoms with E-state index in [1.807, 2.05) is 13.8 Å². The van der Waals surface area contributed by atoms with Crippen molar-refractivity contribution >= 4 is 48.0 Å². The highest BCUT2D eigenvalue weighted by atomic mass is 35.8. The third-order valence-corrected chi connectivity index (χ3v) is 13.2. The Labute approximate surface area is 373 Å². The van der Waals surface area contributed by atoms with Crippen molar-refractivity contribution in [2.75, 3.05) is 21.3 Å². The zero-order valence-corrected chi connectivity index (χ0v) is 36.3. The highest BCUT2D eigenvalue weighted by molar-refractivity contribution is 7.64. The minimum atomic E-state index is -8.65. The quantitative estimate of drug-likeness (QED) is 0.0651. The fourth-order valence-electron chi connectivity index (χ4n) is 3.87. The second kappa shape index (κ2) is 21.3. The van der Waals surface area contributed by atoms with Crippen LogP contribution in [0.4, 0.5) is 149 Å². The molecule has 0 aliphatic carbocycles. The highest BCUT2D eigenvalue weighted by Crippen LogP contribution is 2.66. The van der Waals surface area contributed by atoms with Crippen molar-refractivity contribution in [3.8, 4) is 0 Å². The van der Waals surface area contributed by atoms with Crippen LogP contribution in [0.1, 0.15) is 34.1 Å². The van der Waals surface area contributed by atoms with E-state index in [9.17, 15) is 149 Å². The van der Waals surface area contributed by atoms with Crippen LogP contribution < -0.4 is 0 Å². The van der Waals surface area contributed by atoms with Crippen molar-refractivity contribution in [2.45, 2.75) is 141 Å². The number of hydrogen-bond donors (Lipinski definition) is 0. The van der Waals surface area contributed by atoms with Crippen molar-refractivity contribution in [1.29, 1.82) is 0 Å². The third-order valence-electron chi connectivity index (χ3n) is 7.97. The number of hydrogen-bond acceptors (Lipinski definition) is 3. The molecular weight excluding hydrogens is 1170 g/mol. The van der Waals surface area contributed by atoms with Gasteiger partial charge in [-0.1, -0.05) is 21.3 Å². The van der Waals surface area contributed by atoms with E-state index in [-0.39, 0.29) is 7.43 Å². The molecule has 0 saturated carbocycles. The van der Waals surface area contributed by atoms with Gasteiger partial charge in [0.15, 0.2) is 0 Å². The van der Waals surface area contributed by atoms with Crippen LogP contribution in [0.3, 0.4) is 0 Å². The summed E-state index contributed by atoms with van der Waals surface area (Å²) in [5, 5.41) is 0. The topological polar surface area (TPSA) is 27.7 Å². The smallest absolute Gasteiger partial charge is 0.377 e. The second-order valence-corrected chi connectivity index (χ2v) is 24.6. The van der Waals surface area contributed by atoms with E-state index >= 15 is 0 Å². The maximum absolute atomic E-state index is 13.8. The average Bonchev–Trinajstić information content (AvgIpc) is 3.13. The molecule has 0 heterocycles. The summed E-state index contributed by atoms with van der Waals surface area (Å²) in [7, 11) is -2.36. The van der Waals surface area contributed by atoms with Gasteiger partial charge in [-0.25, -0.2) is 0 Å². The lowest BCUT2D eigenvalue weighted by Crippen LogP contribution is -2.74. The Bertz CT molecular complexity index is 1580. The Balaban J connectivity index is -0.000000575. The number of halogens is 37. The Morgan fingerprint density at radius 3 is 0.618 bits per heavy atom. The average molecular weight is 1200 g/mol. The van der Waals surface area contributed by atoms with Crippen LogP contribution in [-0.4, -0.2) is 131 Å². The number of alkyl halides is 34. The van der Waals surface area contributed by atoms with Crippen LogP contribution in [0.2, 0.25) is 12.1 Å². The fourth-order valence-corrected chi connectivity index (χ4v) is 7.05. The Hall–Kier alpha value is -1.20. The van der Waals surface area contributed by atoms with Gasteiger partial charge >= 0.3 is 110 Å². The van der Waals surface area contributed by atoms with E-state index in [1.165, 1.54) is 0 Å². The summed E-state index contributed by atoms with van der Waals surface area (Å²) < 4.78 is 457. The van der Waals surface area contributed by atoms with Gasteiger partial charge in [0, 0.05) is 40.2 Å². The molecule has 68 heavy (non-hydrogen) atoms. The second-order valence-electron chi connectivity index (χ2n) is 12.2. The van der Waals surface area contributed by atoms with E-state index in [4.69, 9.17) is 33.2 Å². The van der Waals surface area contributed by atoms with Crippen LogP contribution >= 0.6 is 33.2 Å². The van der Waals surface area contributed by atoms with Crippen LogP contribution in [0.15, 0.2) is 0 Å². The minimum absolute atomic E-state index is 0. The molecule has 0 saturated heterocycles. The minimum Gasteiger partial charge on any atom is -0.377 e. The fraction of sp³-hybridized carbons (Fsp3) is 1.00. The summed E-state index contributed by atoms with van der Waals surface area (Å²) in [6.45, 7) is 4.00. The monoisotopic (exact) mass is 1190 g/mol. The molecule has 0 aromatic heterocycles. The zero-order chi connectivity index (χ0) is 55.9. The third kappa shape index (κ3) is 12.1. The van der Waals surface area contributed by atoms with Crippen molar-refractivity contribution in [1.82, 2.24) is 0 Å². The Morgan fingerprint density at radius 2 is 0.456 bits per heavy atom. The van der Waals surface area contributed by atoms with Crippen LogP contribution in [0.5, 0.6) is 0 Å². The first-order chi connectivity index (χ1) is 28.6. The van der Waals surface area contributed by atoms with Crippen molar-refractivity contribution in [3.05, 3.63) is 0 Å². The van der Waals surface area contributed by atoms with Crippen LogP contribution in [0.25, 0.3) is 0 Å². The summed E-state index contributed by atoms with van der Waals surface area (Å²) in [5.74, 6) is -113. The molecule has 0 aromatic rings. The first-order valence-corrected chi connectivity index (χ1v) is 22.9. The molecule has 0 radical (unpaired) electrons. The summed E-state index contributed by atoms with van der Waals surface area (Å²) in [4.78, 5) is 0. The lowest BCUT2D eigenvalue weighted by atomic mass is 9.88. The molecule has 0 spiro atoms. The molecule has 0 aliphatic rings. The maximum Gasteiger partial charge on any atom is 0.500 e. The molecule has 0 rings (SSSR count). The van der Waals surface area contributed by atoms with Crippen LogP contribution in [-0.2, 0) is 13.3 Å². The molecule has 0 N–H and O–H groups in total. The summed E-state index contributed by atoms with van der Waals surface area (Å²) in [6.07, 6.45) is -21.0. The molecule has 416 valence electrons. The van der Waals surface area contributed by atoms with E-state index in [0.29, 0.717) is 21.3 Å². The molecule has 0 bridgehead atoms. The zero-order valence-electron chi connectivity index (χ0n) is 32.0. The van der Waals surface area contributed by atoms with Crippen molar-refractivity contribution in [2.24, 2.45) is 0 Å². The molecule has 0 amide bonds. The first-order valence-electron chi connectivity index (χ1n) is 15.7. The molecule has 0 atom stereocenters. The molecule has 0 fully saturated rings. The largest absolute Gasteiger partial charge is 0.500 e. The summed E-state index contributed by atoms with van der Waals surface area (Å²) in [5.41, 5.74) is 0. The van der Waals surface area contributed by atoms with Crippen molar-refractivity contribution in [3.63, 3.8) is 0 Å². The van der Waals surface area contributed by atoms with E-state index < -0.39 is 135 Å². The predicted octanol–water partition coefficient (Wildman–Crippen LogP) is 16.0. The van der Waals surface area contributed by atoms with Gasteiger partial charge in [0.25, 0.3) is 0 Å². The van der Waals surface area contributed by atoms with Gasteiger partial charge in [-0.2, -0.15) is 149 Å². The molecule has 3 nitrogen and oxygen atoms in total. The summed E-state index contributed by atoms with van der Waals surface area (Å²) >= 11 is 14.9. The predicted molar refractivity (Wildman–Crippen MR) is 168 cm³/mol. The van der Waals surface area contributed by atoms with Gasteiger partial charge in [0.2, 0.25) is 0 Å². The Kier molecular flexibility index (Phi) is 23.0. The molecular formula is C26H27Cl3F34O3Si2. The van der Waals surface area contributed by atoms with Gasteiger partial charge in [0.05, 0.1) is 0 Å². The number of rotatable bonds is 21. The first kappa shape index (κ1) is 73.3. The molecule has 42 heteroatoms. The van der Waals surface area contributed by atoms with Crippen LogP contribution in [0, 0.1) is 0 Å². The van der Waals surface area contributed by atoms with Gasteiger partial charge in [0.1, 0.15) is 0 Å². The summed E-state index contributed by atoms with van der Waals surface area (Å²) in [6, 6.07) is -7.69. The molecule has 0 aromatic carbocycles. The standard InChI is InChI=1S/C13H13F17O3Si.C10H4Cl3F17Si.C2H6.CH4/c1-31-34(32-2,33-3)5-4-6(14,15)7(16,17)8(18,19)9(20,21)10(22,23)11(24,25)12(26,27)13(28,29)30;11-31(12,13)2-1-3(14,15)4(16,17)5(18,19)6(20,21)7(22,23)8(24,25)9(26,27)10(28,29)30;1-2;/h4-5H2,1-3H3;1-2H2;1-2H3;1H4. The van der Waals surface area contributed by atoms with Gasteiger partial charge in [-0.3, -0.25) is 0 Å². The molecule has 0 aliphatic heterocycles. The van der Waals surface area contributed by atoms with Gasteiger partial charge in [-0.05, 0) is 6.04 Å². The highest BCUT2D eigenvalue weighted by Gasteiger charge is 2.97. The normalized spacial score (nSPS) is 15.8. The lowest BCUT2D eigenvalue weighted by Gasteiger charge is -2.43. The lowest BCUT2D eigenvalue weighted by molar-refractivity contribution is -0.461. The maximum atomic E-state index is 13.8. The SMILES string of the molecule is C.CC.CO[Si](CCC(F)(F)C(F)(F)C(F)(F)C(F)(F)C(F)(F)C(F)(F)C(F)(F)C(F)(F)F)(OC)OC.FC(F)(F)C(F)(F)C(F)(F)C(F)(F)C(F)(F)C(F)(F)C(F)(F)C(F)(F)CC[Si](Cl)(Cl)Cl. The van der Waals surface area contributed by atoms with E-state index in [1.54, 1.807) is 0 Å². The van der Waals surface area contributed by atoms with E-state index in [2.05, 4.69) is 13.3 Å². The van der Waals surface area contributed by atoms with Gasteiger partial charge in [-0.15, -0.1) is 33.2 Å². The Morgan fingerprint density at radius 1 is 0.294 bits per heavy atom. The van der Waals surface area contributed by atoms with Gasteiger partial charge < -0.3 is 13.3 Å².